The number of nitrogens with zero attached hydrogens (tertiary/aromatic N) is 1. The fourth-order valence-electron chi connectivity index (χ4n) is 3.59. The summed E-state index contributed by atoms with van der Waals surface area (Å²) in [6, 6.07) is 6.05. The Bertz CT molecular complexity index is 832. The lowest BCUT2D eigenvalue weighted by atomic mass is 9.86. The molecule has 1 aromatic carbocycles. The van der Waals surface area contributed by atoms with Crippen LogP contribution in [-0.2, 0) is 11.2 Å². The van der Waals surface area contributed by atoms with Gasteiger partial charge >= 0.3 is 6.09 Å². The number of carbonyl (C=O) groups is 1. The number of hydrogen-bond donors (Lipinski definition) is 2. The molecule has 8 heteroatoms. The molecule has 0 spiro atoms. The Kier molecular flexibility index (Phi) is 5.78. The standard InChI is InChI=1S/C19H21BrN2O3S2/c20-12-3-8-15(17(9-12)27(25)14-6-7-14)16-10-21-18(26-16)11-1-4-13(5-2-11)22-19(23)24/h3,8-11,13-14,22H,1-2,4-7H2,(H,23,24). The molecule has 0 saturated heterocycles. The summed E-state index contributed by atoms with van der Waals surface area (Å²) in [5, 5.41) is 12.8. The van der Waals surface area contributed by atoms with Crippen LogP contribution in [0.5, 0.6) is 0 Å². The van der Waals surface area contributed by atoms with Crippen molar-refractivity contribution in [2.24, 2.45) is 0 Å². The van der Waals surface area contributed by atoms with Crippen molar-refractivity contribution in [3.8, 4) is 10.4 Å². The number of thiazole rings is 1. The highest BCUT2D eigenvalue weighted by Crippen LogP contribution is 2.42. The van der Waals surface area contributed by atoms with Crippen molar-refractivity contribution in [3.63, 3.8) is 0 Å². The minimum absolute atomic E-state index is 0.0530. The molecule has 2 aliphatic carbocycles. The average Bonchev–Trinajstić information content (AvgIpc) is 3.38. The lowest BCUT2D eigenvalue weighted by Crippen LogP contribution is -2.36. The summed E-state index contributed by atoms with van der Waals surface area (Å²) >= 11 is 4.21. The molecule has 0 radical (unpaired) electrons. The van der Waals surface area contributed by atoms with E-state index in [0.29, 0.717) is 11.2 Å². The second-order valence-corrected chi connectivity index (χ2v) is 10.9. The highest BCUT2D eigenvalue weighted by molar-refractivity contribution is 9.10. The number of benzene rings is 1. The Morgan fingerprint density at radius 1 is 1.26 bits per heavy atom. The highest BCUT2D eigenvalue weighted by atomic mass is 79.9. The van der Waals surface area contributed by atoms with Gasteiger partial charge in [0.25, 0.3) is 0 Å². The molecule has 1 heterocycles. The van der Waals surface area contributed by atoms with Gasteiger partial charge in [0.2, 0.25) is 0 Å². The Morgan fingerprint density at radius 3 is 2.67 bits per heavy atom. The molecule has 1 aromatic heterocycles. The quantitative estimate of drug-likeness (QED) is 0.594. The molecule has 5 nitrogen and oxygen atoms in total. The molecule has 2 fully saturated rings. The van der Waals surface area contributed by atoms with Crippen LogP contribution >= 0.6 is 27.3 Å². The molecule has 2 N–H and O–H groups in total. The zero-order valence-corrected chi connectivity index (χ0v) is 17.9. The van der Waals surface area contributed by atoms with Gasteiger partial charge in [0.1, 0.15) is 5.25 Å². The Morgan fingerprint density at radius 2 is 2.00 bits per heavy atom. The van der Waals surface area contributed by atoms with E-state index in [2.05, 4.69) is 26.2 Å². The van der Waals surface area contributed by atoms with Crippen LogP contribution in [0.25, 0.3) is 10.4 Å². The van der Waals surface area contributed by atoms with Gasteiger partial charge in [0.05, 0.1) is 9.88 Å². The lowest BCUT2D eigenvalue weighted by Gasteiger charge is -2.27. The third-order valence-corrected chi connectivity index (χ3v) is 8.72. The zero-order valence-electron chi connectivity index (χ0n) is 14.7. The first-order chi connectivity index (χ1) is 13.0. The predicted octanol–water partition coefficient (Wildman–Crippen LogP) is 5.14. The largest absolute Gasteiger partial charge is 0.611 e. The van der Waals surface area contributed by atoms with Gasteiger partial charge in [-0.15, -0.1) is 11.3 Å². The van der Waals surface area contributed by atoms with E-state index in [4.69, 9.17) is 5.11 Å². The first kappa shape index (κ1) is 19.2. The minimum Gasteiger partial charge on any atom is -0.611 e. The molecule has 144 valence electrons. The van der Waals surface area contributed by atoms with Crippen molar-refractivity contribution in [1.82, 2.24) is 10.3 Å². The van der Waals surface area contributed by atoms with Crippen molar-refractivity contribution in [2.75, 3.05) is 0 Å². The summed E-state index contributed by atoms with van der Waals surface area (Å²) in [6.07, 6.45) is 6.63. The second kappa shape index (κ2) is 8.11. The molecule has 1 atom stereocenters. The van der Waals surface area contributed by atoms with Crippen molar-refractivity contribution in [3.05, 3.63) is 33.9 Å². The Hall–Kier alpha value is -1.09. The number of rotatable bonds is 5. The number of aromatic nitrogens is 1. The molecule has 0 bridgehead atoms. The maximum Gasteiger partial charge on any atom is 0.404 e. The number of carboxylic acid groups (broad SMARTS) is 1. The minimum atomic E-state index is -0.967. The summed E-state index contributed by atoms with van der Waals surface area (Å²) in [6.45, 7) is 0. The summed E-state index contributed by atoms with van der Waals surface area (Å²) in [5.41, 5.74) is 1.02. The smallest absolute Gasteiger partial charge is 0.404 e. The van der Waals surface area contributed by atoms with Crippen molar-refractivity contribution in [1.29, 1.82) is 0 Å². The van der Waals surface area contributed by atoms with Crippen LogP contribution in [0.15, 0.2) is 33.8 Å². The Labute approximate surface area is 173 Å². The average molecular weight is 469 g/mol. The molecule has 2 saturated carbocycles. The molecule has 4 rings (SSSR count). The van der Waals surface area contributed by atoms with Crippen LogP contribution < -0.4 is 5.32 Å². The van der Waals surface area contributed by atoms with Crippen LogP contribution in [0, 0.1) is 0 Å². The first-order valence-electron chi connectivity index (χ1n) is 9.17. The molecular formula is C19H21BrN2O3S2. The molecule has 2 aliphatic rings. The predicted molar refractivity (Wildman–Crippen MR) is 111 cm³/mol. The van der Waals surface area contributed by atoms with Gasteiger partial charge in [-0.05, 0) is 49.0 Å². The van der Waals surface area contributed by atoms with E-state index >= 15 is 0 Å². The van der Waals surface area contributed by atoms with Crippen LogP contribution in [0.1, 0.15) is 49.5 Å². The summed E-state index contributed by atoms with van der Waals surface area (Å²) < 4.78 is 13.8. The third-order valence-electron chi connectivity index (χ3n) is 5.18. The van der Waals surface area contributed by atoms with Gasteiger partial charge in [0.15, 0.2) is 4.90 Å². The number of nitrogens with one attached hydrogen (secondary N) is 1. The van der Waals surface area contributed by atoms with E-state index in [9.17, 15) is 9.35 Å². The zero-order chi connectivity index (χ0) is 19.0. The fourth-order valence-corrected chi connectivity index (χ4v) is 6.85. The maximum absolute atomic E-state index is 12.8. The normalized spacial score (nSPS) is 23.8. The van der Waals surface area contributed by atoms with E-state index in [0.717, 1.165) is 63.3 Å². The van der Waals surface area contributed by atoms with Gasteiger partial charge in [0, 0.05) is 47.1 Å². The van der Waals surface area contributed by atoms with Gasteiger partial charge in [-0.2, -0.15) is 0 Å². The van der Waals surface area contributed by atoms with Crippen molar-refractivity contribution < 1.29 is 14.5 Å². The third kappa shape index (κ3) is 4.50. The van der Waals surface area contributed by atoms with Crippen LogP contribution in [0.3, 0.4) is 0 Å². The summed E-state index contributed by atoms with van der Waals surface area (Å²) in [4.78, 5) is 17.4. The van der Waals surface area contributed by atoms with E-state index in [1.165, 1.54) is 0 Å². The van der Waals surface area contributed by atoms with Gasteiger partial charge in [-0.3, -0.25) is 0 Å². The van der Waals surface area contributed by atoms with Crippen LogP contribution in [-0.4, -0.2) is 32.0 Å². The molecule has 1 amide bonds. The van der Waals surface area contributed by atoms with Crippen molar-refractivity contribution >= 4 is 44.5 Å². The summed E-state index contributed by atoms with van der Waals surface area (Å²) in [5.74, 6) is 0.378. The molecule has 27 heavy (non-hydrogen) atoms. The monoisotopic (exact) mass is 468 g/mol. The van der Waals surface area contributed by atoms with Crippen LogP contribution in [0.2, 0.25) is 0 Å². The van der Waals surface area contributed by atoms with Crippen LogP contribution in [0.4, 0.5) is 4.79 Å². The van der Waals surface area contributed by atoms with E-state index in [1.54, 1.807) is 11.3 Å². The van der Waals surface area contributed by atoms with Gasteiger partial charge < -0.3 is 15.0 Å². The molecule has 2 aromatic rings. The second-order valence-electron chi connectivity index (χ2n) is 7.20. The fraction of sp³-hybridized carbons (Fsp3) is 0.474. The van der Waals surface area contributed by atoms with Crippen molar-refractivity contribution in [2.45, 2.75) is 60.6 Å². The maximum atomic E-state index is 12.8. The van der Waals surface area contributed by atoms with E-state index in [-0.39, 0.29) is 6.04 Å². The lowest BCUT2D eigenvalue weighted by molar-refractivity contribution is 0.185. The van der Waals surface area contributed by atoms with Gasteiger partial charge in [-0.1, -0.05) is 15.9 Å². The van der Waals surface area contributed by atoms with E-state index in [1.807, 2.05) is 24.4 Å². The molecular weight excluding hydrogens is 448 g/mol. The number of halogens is 1. The van der Waals surface area contributed by atoms with E-state index < -0.39 is 17.3 Å². The topological polar surface area (TPSA) is 85.3 Å². The SMILES string of the molecule is O=C(O)NC1CCC(c2ncc(-c3ccc(Br)cc3[S+]([O-])C3CC3)s2)CC1. The molecule has 1 unspecified atom stereocenters. The van der Waals surface area contributed by atoms with Gasteiger partial charge in [-0.25, -0.2) is 9.78 Å². The first-order valence-corrected chi connectivity index (χ1v) is 12.0. The Balaban J connectivity index is 1.51. The summed E-state index contributed by atoms with van der Waals surface area (Å²) in [7, 11) is 0. The number of amides is 1. The number of hydrogen-bond acceptors (Lipinski definition) is 4. The highest BCUT2D eigenvalue weighted by Gasteiger charge is 2.37. The molecule has 0 aliphatic heterocycles.